The Morgan fingerprint density at radius 2 is 0.667 bits per heavy atom. The quantitative estimate of drug-likeness (QED) is 0.0607. The Morgan fingerprint density at radius 3 is 0.897 bits per heavy atom. The van der Waals surface area contributed by atoms with Gasteiger partial charge in [-0.15, -0.1) is 6.58 Å². The van der Waals surface area contributed by atoms with Gasteiger partial charge in [-0.1, -0.05) is 6.08 Å². The van der Waals surface area contributed by atoms with Gasteiger partial charge in [0.15, 0.2) is 0 Å². The molecule has 0 saturated heterocycles. The molecule has 0 atom stereocenters. The molecule has 0 aromatic rings. The van der Waals surface area contributed by atoms with Crippen LogP contribution in [-0.2, 0) is 61.6 Å². The van der Waals surface area contributed by atoms with Gasteiger partial charge in [0.2, 0.25) is 0 Å². The molecule has 0 fully saturated rings. The molecule has 0 spiro atoms. The zero-order valence-electron chi connectivity index (χ0n) is 23.6. The van der Waals surface area contributed by atoms with Gasteiger partial charge in [-0.3, -0.25) is 0 Å². The van der Waals surface area contributed by atoms with Gasteiger partial charge in [0.05, 0.1) is 146 Å². The third-order valence-corrected chi connectivity index (χ3v) is 4.40. The van der Waals surface area contributed by atoms with Crippen molar-refractivity contribution in [1.29, 1.82) is 0 Å². The number of methoxy groups -OCH3 is 1. The molecule has 0 aliphatic carbocycles. The van der Waals surface area contributed by atoms with E-state index in [2.05, 4.69) is 11.3 Å². The highest BCUT2D eigenvalue weighted by Crippen LogP contribution is 1.87. The molecule has 0 radical (unpaired) electrons. The number of hydrogen-bond donors (Lipinski definition) is 0. The molecule has 0 bridgehead atoms. The summed E-state index contributed by atoms with van der Waals surface area (Å²) in [5.41, 5.74) is 0. The Labute approximate surface area is 233 Å². The van der Waals surface area contributed by atoms with E-state index in [1.165, 1.54) is 7.11 Å². The number of rotatable bonds is 34. The Hall–Kier alpha value is -1.23. The van der Waals surface area contributed by atoms with E-state index in [0.29, 0.717) is 139 Å². The highest BCUT2D eigenvalue weighted by atomic mass is 16.6. The molecule has 0 heterocycles. The van der Waals surface area contributed by atoms with E-state index in [4.69, 9.17) is 52.1 Å². The van der Waals surface area contributed by atoms with Crippen LogP contribution in [0.1, 0.15) is 0 Å². The molecule has 0 aromatic heterocycles. The molecule has 39 heavy (non-hydrogen) atoms. The largest absolute Gasteiger partial charge is 0.467 e. The second-order valence-corrected chi connectivity index (χ2v) is 7.50. The van der Waals surface area contributed by atoms with E-state index in [0.717, 1.165) is 0 Å². The lowest BCUT2D eigenvalue weighted by Crippen LogP contribution is -2.16. The molecule has 232 valence electrons. The lowest BCUT2D eigenvalue weighted by molar-refractivity contribution is -0.146. The smallest absolute Gasteiger partial charge is 0.331 e. The normalized spacial score (nSPS) is 11.2. The summed E-state index contributed by atoms with van der Waals surface area (Å²) in [6.45, 7) is 13.9. The van der Waals surface area contributed by atoms with Crippen molar-refractivity contribution in [3.63, 3.8) is 0 Å². The van der Waals surface area contributed by atoms with Crippen LogP contribution < -0.4 is 0 Å². The molecule has 0 rings (SSSR count). The van der Waals surface area contributed by atoms with Gasteiger partial charge >= 0.3 is 5.97 Å². The maximum Gasteiger partial charge on any atom is 0.331 e. The van der Waals surface area contributed by atoms with Crippen LogP contribution in [0.5, 0.6) is 0 Å². The van der Waals surface area contributed by atoms with Crippen LogP contribution in [0.4, 0.5) is 0 Å². The van der Waals surface area contributed by atoms with Crippen molar-refractivity contribution >= 4 is 5.97 Å². The molecule has 13 heteroatoms. The number of hydrogen-bond acceptors (Lipinski definition) is 13. The molecule has 0 aromatic carbocycles. The topological polar surface area (TPSA) is 128 Å². The first-order valence-electron chi connectivity index (χ1n) is 13.3. The van der Waals surface area contributed by atoms with Gasteiger partial charge in [-0.05, 0) is 0 Å². The van der Waals surface area contributed by atoms with Gasteiger partial charge in [-0.2, -0.15) is 0 Å². The Balaban J connectivity index is 3.04. The number of esters is 1. The minimum absolute atomic E-state index is 0.0689. The van der Waals surface area contributed by atoms with E-state index in [1.54, 1.807) is 6.08 Å². The molecule has 0 amide bonds. The fraction of sp³-hybridized carbons (Fsp3) is 0.885. The van der Waals surface area contributed by atoms with Gasteiger partial charge in [0.25, 0.3) is 0 Å². The fourth-order valence-corrected chi connectivity index (χ4v) is 2.48. The van der Waals surface area contributed by atoms with Gasteiger partial charge in [-0.25, -0.2) is 4.79 Å². The average molecular weight is 571 g/mol. The minimum Gasteiger partial charge on any atom is -0.467 e. The van der Waals surface area contributed by atoms with E-state index in [1.807, 2.05) is 0 Å². The van der Waals surface area contributed by atoms with Crippen molar-refractivity contribution in [2.24, 2.45) is 0 Å². The first kappa shape index (κ1) is 37.8. The van der Waals surface area contributed by atoms with Crippen LogP contribution in [-0.4, -0.2) is 158 Å². The molecular weight excluding hydrogens is 520 g/mol. The Kier molecular flexibility index (Phi) is 33.7. The van der Waals surface area contributed by atoms with Crippen molar-refractivity contribution in [3.05, 3.63) is 12.7 Å². The van der Waals surface area contributed by atoms with Crippen molar-refractivity contribution in [1.82, 2.24) is 0 Å². The molecule has 0 saturated carbocycles. The molecule has 0 aliphatic heterocycles. The van der Waals surface area contributed by atoms with Gasteiger partial charge in [0.1, 0.15) is 6.61 Å². The Morgan fingerprint density at radius 1 is 0.436 bits per heavy atom. The minimum atomic E-state index is -0.407. The summed E-state index contributed by atoms with van der Waals surface area (Å²) in [4.78, 5) is 10.8. The van der Waals surface area contributed by atoms with Crippen molar-refractivity contribution < 1.29 is 61.6 Å². The summed E-state index contributed by atoms with van der Waals surface area (Å²) < 4.78 is 63.4. The lowest BCUT2D eigenvalue weighted by Gasteiger charge is -2.09. The molecule has 0 N–H and O–H groups in total. The predicted octanol–water partition coefficient (Wildman–Crippen LogP) is 0.528. The van der Waals surface area contributed by atoms with E-state index in [9.17, 15) is 4.79 Å². The summed E-state index contributed by atoms with van der Waals surface area (Å²) >= 11 is 0. The van der Waals surface area contributed by atoms with Crippen LogP contribution in [0.25, 0.3) is 0 Å². The summed E-state index contributed by atoms with van der Waals surface area (Å²) in [6, 6.07) is 0. The third-order valence-electron chi connectivity index (χ3n) is 4.40. The lowest BCUT2D eigenvalue weighted by atomic mass is 10.6. The average Bonchev–Trinajstić information content (AvgIpc) is 2.95. The standard InChI is InChI=1S/C26H50O13/c1-3-4-29-5-6-30-7-8-31-9-10-32-11-12-33-13-14-34-15-16-35-17-18-36-19-20-37-21-22-38-23-24-39-25-26(27)28-2/h3H,1,4-25H2,2H3. The molecule has 13 nitrogen and oxygen atoms in total. The third kappa shape index (κ3) is 34.7. The molecular formula is C26H50O13. The van der Waals surface area contributed by atoms with E-state index in [-0.39, 0.29) is 6.61 Å². The van der Waals surface area contributed by atoms with Crippen LogP contribution in [0.3, 0.4) is 0 Å². The van der Waals surface area contributed by atoms with E-state index < -0.39 is 5.97 Å². The first-order chi connectivity index (χ1) is 19.3. The number of carbonyl (C=O) groups is 1. The summed E-state index contributed by atoms with van der Waals surface area (Å²) in [5.74, 6) is -0.407. The van der Waals surface area contributed by atoms with Crippen LogP contribution in [0, 0.1) is 0 Å². The van der Waals surface area contributed by atoms with Gasteiger partial charge < -0.3 is 56.8 Å². The van der Waals surface area contributed by atoms with Crippen LogP contribution in [0.15, 0.2) is 12.7 Å². The number of ether oxygens (including phenoxy) is 12. The zero-order chi connectivity index (χ0) is 28.3. The second kappa shape index (κ2) is 34.8. The SMILES string of the molecule is C=CCOCCOCCOCCOCCOCCOCCOCCOCCOCCOCCOCC(=O)OC. The summed E-state index contributed by atoms with van der Waals surface area (Å²) in [6.07, 6.45) is 1.71. The monoisotopic (exact) mass is 570 g/mol. The maximum absolute atomic E-state index is 10.8. The highest BCUT2D eigenvalue weighted by Gasteiger charge is 1.99. The zero-order valence-corrected chi connectivity index (χ0v) is 23.6. The van der Waals surface area contributed by atoms with Crippen molar-refractivity contribution in [2.75, 3.05) is 152 Å². The Bertz CT molecular complexity index is 496. The summed E-state index contributed by atoms with van der Waals surface area (Å²) in [7, 11) is 1.31. The fourth-order valence-electron chi connectivity index (χ4n) is 2.48. The van der Waals surface area contributed by atoms with Gasteiger partial charge in [0, 0.05) is 0 Å². The van der Waals surface area contributed by atoms with Crippen molar-refractivity contribution in [2.45, 2.75) is 0 Å². The second-order valence-electron chi connectivity index (χ2n) is 7.50. The predicted molar refractivity (Wildman–Crippen MR) is 141 cm³/mol. The molecule has 0 unspecified atom stereocenters. The highest BCUT2D eigenvalue weighted by molar-refractivity contribution is 5.70. The van der Waals surface area contributed by atoms with Crippen LogP contribution in [0.2, 0.25) is 0 Å². The maximum atomic E-state index is 10.8. The number of carbonyl (C=O) groups excluding carboxylic acids is 1. The van der Waals surface area contributed by atoms with E-state index >= 15 is 0 Å². The first-order valence-corrected chi connectivity index (χ1v) is 13.3. The summed E-state index contributed by atoms with van der Waals surface area (Å²) in [5, 5.41) is 0. The van der Waals surface area contributed by atoms with Crippen molar-refractivity contribution in [3.8, 4) is 0 Å². The van der Waals surface area contributed by atoms with Crippen LogP contribution >= 0.6 is 0 Å². The molecule has 0 aliphatic rings.